The van der Waals surface area contributed by atoms with E-state index in [1.807, 2.05) is 0 Å². The van der Waals surface area contributed by atoms with Gasteiger partial charge in [0.1, 0.15) is 36.4 Å². The molecule has 1 amide bonds. The van der Waals surface area contributed by atoms with Gasteiger partial charge in [-0.05, 0) is 24.3 Å². The predicted octanol–water partition coefficient (Wildman–Crippen LogP) is 4.85. The summed E-state index contributed by atoms with van der Waals surface area (Å²) >= 11 is 9.16. The molecule has 2 heterocycles. The maximum absolute atomic E-state index is 13.5. The summed E-state index contributed by atoms with van der Waals surface area (Å²) in [6.45, 7) is 1.73. The van der Waals surface area contributed by atoms with Gasteiger partial charge < -0.3 is 24.8 Å². The SMILES string of the molecule is O=C(/C=C/CBr)Nc1cc2c(Nc3ccc(F)c(Cl)c3)ncnc2cc1OCC1COCCO1. The Kier molecular flexibility index (Phi) is 8.28. The number of allylic oxidation sites excluding steroid dienone is 1. The molecule has 4 rings (SSSR count). The van der Waals surface area contributed by atoms with Gasteiger partial charge >= 0.3 is 0 Å². The first-order chi connectivity index (χ1) is 16.5. The molecule has 1 aromatic heterocycles. The van der Waals surface area contributed by atoms with Crippen molar-refractivity contribution in [2.45, 2.75) is 6.10 Å². The Balaban J connectivity index is 1.66. The molecule has 0 spiro atoms. The predicted molar refractivity (Wildman–Crippen MR) is 132 cm³/mol. The fourth-order valence-corrected chi connectivity index (χ4v) is 3.62. The minimum atomic E-state index is -0.518. The number of ether oxygens (including phenoxy) is 3. The first-order valence-electron chi connectivity index (χ1n) is 10.4. The third kappa shape index (κ3) is 6.20. The third-order valence-corrected chi connectivity index (χ3v) is 5.51. The maximum atomic E-state index is 13.5. The van der Waals surface area contributed by atoms with Gasteiger partial charge in [-0.3, -0.25) is 4.79 Å². The van der Waals surface area contributed by atoms with Gasteiger partial charge in [-0.2, -0.15) is 0 Å². The second-order valence-electron chi connectivity index (χ2n) is 7.27. The summed E-state index contributed by atoms with van der Waals surface area (Å²) in [5, 5.41) is 7.10. The van der Waals surface area contributed by atoms with Crippen molar-refractivity contribution in [1.29, 1.82) is 0 Å². The van der Waals surface area contributed by atoms with Crippen LogP contribution in [0.5, 0.6) is 5.75 Å². The second-order valence-corrected chi connectivity index (χ2v) is 8.32. The van der Waals surface area contributed by atoms with Crippen LogP contribution in [0.1, 0.15) is 0 Å². The number of nitrogens with one attached hydrogen (secondary N) is 2. The molecule has 3 aromatic rings. The monoisotopic (exact) mass is 550 g/mol. The van der Waals surface area contributed by atoms with Crippen LogP contribution in [0.3, 0.4) is 0 Å². The fourth-order valence-electron chi connectivity index (χ4n) is 3.25. The number of fused-ring (bicyclic) bond motifs is 1. The molecular formula is C23H21BrClFN4O4. The van der Waals surface area contributed by atoms with Crippen molar-refractivity contribution in [2.24, 2.45) is 0 Å². The van der Waals surface area contributed by atoms with Crippen molar-refractivity contribution in [3.63, 3.8) is 0 Å². The number of nitrogens with zero attached hydrogens (tertiary/aromatic N) is 2. The van der Waals surface area contributed by atoms with E-state index >= 15 is 0 Å². The van der Waals surface area contributed by atoms with Crippen LogP contribution in [0.4, 0.5) is 21.6 Å². The Bertz CT molecular complexity index is 1210. The number of hydrogen-bond donors (Lipinski definition) is 2. The van der Waals surface area contributed by atoms with Gasteiger partial charge in [-0.1, -0.05) is 33.6 Å². The molecule has 2 aromatic carbocycles. The van der Waals surface area contributed by atoms with Crippen LogP contribution in [0.25, 0.3) is 10.9 Å². The quantitative estimate of drug-likeness (QED) is 0.305. The number of anilines is 3. The highest BCUT2D eigenvalue weighted by molar-refractivity contribution is 9.09. The van der Waals surface area contributed by atoms with Crippen molar-refractivity contribution in [3.05, 3.63) is 59.7 Å². The van der Waals surface area contributed by atoms with Crippen LogP contribution in [-0.2, 0) is 14.3 Å². The maximum Gasteiger partial charge on any atom is 0.248 e. The number of rotatable bonds is 8. The van der Waals surface area contributed by atoms with Gasteiger partial charge in [-0.25, -0.2) is 14.4 Å². The Morgan fingerprint density at radius 3 is 2.94 bits per heavy atom. The second kappa shape index (κ2) is 11.6. The minimum Gasteiger partial charge on any atom is -0.489 e. The molecule has 178 valence electrons. The lowest BCUT2D eigenvalue weighted by Gasteiger charge is -2.23. The van der Waals surface area contributed by atoms with Crippen molar-refractivity contribution in [1.82, 2.24) is 9.97 Å². The molecule has 1 atom stereocenters. The molecule has 2 N–H and O–H groups in total. The van der Waals surface area contributed by atoms with Crippen LogP contribution < -0.4 is 15.4 Å². The number of amides is 1. The molecule has 34 heavy (non-hydrogen) atoms. The molecule has 11 heteroatoms. The first kappa shape index (κ1) is 24.3. The van der Waals surface area contributed by atoms with Crippen LogP contribution in [0.15, 0.2) is 48.8 Å². The van der Waals surface area contributed by atoms with Crippen LogP contribution in [-0.4, -0.2) is 53.7 Å². The van der Waals surface area contributed by atoms with Crippen molar-refractivity contribution >= 4 is 61.5 Å². The molecule has 0 bridgehead atoms. The summed E-state index contributed by atoms with van der Waals surface area (Å²) in [6, 6.07) is 7.71. The number of aromatic nitrogens is 2. The first-order valence-corrected chi connectivity index (χ1v) is 11.9. The van der Waals surface area contributed by atoms with Crippen molar-refractivity contribution < 1.29 is 23.4 Å². The Morgan fingerprint density at radius 1 is 1.29 bits per heavy atom. The smallest absolute Gasteiger partial charge is 0.248 e. The summed E-state index contributed by atoms with van der Waals surface area (Å²) in [4.78, 5) is 21.0. The average molecular weight is 552 g/mol. The normalized spacial score (nSPS) is 16.0. The van der Waals surface area contributed by atoms with Crippen LogP contribution in [0, 0.1) is 5.82 Å². The number of carbonyl (C=O) groups excluding carboxylic acids is 1. The number of halogens is 3. The topological polar surface area (TPSA) is 94.6 Å². The summed E-state index contributed by atoms with van der Waals surface area (Å²) in [6.07, 6.45) is 4.28. The summed E-state index contributed by atoms with van der Waals surface area (Å²) in [5.41, 5.74) is 1.56. The van der Waals surface area contributed by atoms with Crippen molar-refractivity contribution in [3.8, 4) is 5.75 Å². The third-order valence-electron chi connectivity index (χ3n) is 4.84. The Hall–Kier alpha value is -2.79. The van der Waals surface area contributed by atoms with Gasteiger partial charge in [0.15, 0.2) is 0 Å². The van der Waals surface area contributed by atoms with E-state index in [4.69, 9.17) is 25.8 Å². The Morgan fingerprint density at radius 2 is 2.18 bits per heavy atom. The Labute approximate surface area is 208 Å². The van der Waals surface area contributed by atoms with Crippen LogP contribution in [0.2, 0.25) is 5.02 Å². The molecule has 8 nitrogen and oxygen atoms in total. The largest absolute Gasteiger partial charge is 0.489 e. The lowest BCUT2D eigenvalue weighted by molar-refractivity contribution is -0.112. The zero-order valence-electron chi connectivity index (χ0n) is 17.9. The van der Waals surface area contributed by atoms with E-state index in [1.165, 1.54) is 24.5 Å². The van der Waals surface area contributed by atoms with Crippen molar-refractivity contribution in [2.75, 3.05) is 42.4 Å². The number of hydrogen-bond acceptors (Lipinski definition) is 7. The number of benzene rings is 2. The zero-order valence-corrected chi connectivity index (χ0v) is 20.2. The highest BCUT2D eigenvalue weighted by Crippen LogP contribution is 2.34. The van der Waals surface area contributed by atoms with E-state index in [1.54, 1.807) is 24.3 Å². The molecule has 0 radical (unpaired) electrons. The summed E-state index contributed by atoms with van der Waals surface area (Å²) in [5.74, 6) is 0.0412. The van der Waals surface area contributed by atoms with E-state index in [0.717, 1.165) is 0 Å². The van der Waals surface area contributed by atoms with E-state index in [-0.39, 0.29) is 23.6 Å². The van der Waals surface area contributed by atoms with Crippen LogP contribution >= 0.6 is 27.5 Å². The molecule has 1 aliphatic heterocycles. The summed E-state index contributed by atoms with van der Waals surface area (Å²) < 4.78 is 30.6. The fraction of sp³-hybridized carbons (Fsp3) is 0.261. The van der Waals surface area contributed by atoms with Gasteiger partial charge in [0, 0.05) is 28.5 Å². The zero-order chi connectivity index (χ0) is 23.9. The molecule has 1 saturated heterocycles. The molecule has 0 aliphatic carbocycles. The lowest BCUT2D eigenvalue weighted by Crippen LogP contribution is -2.33. The van der Waals surface area contributed by atoms with E-state index in [9.17, 15) is 9.18 Å². The molecule has 0 saturated carbocycles. The van der Waals surface area contributed by atoms with E-state index < -0.39 is 5.82 Å². The molecule has 1 unspecified atom stereocenters. The van der Waals surface area contributed by atoms with Gasteiger partial charge in [0.25, 0.3) is 0 Å². The van der Waals surface area contributed by atoms with Gasteiger partial charge in [0.05, 0.1) is 36.0 Å². The molecule has 1 fully saturated rings. The lowest BCUT2D eigenvalue weighted by atomic mass is 10.1. The number of carbonyl (C=O) groups is 1. The highest BCUT2D eigenvalue weighted by atomic mass is 79.9. The standard InChI is InChI=1S/C23H21BrClFN4O4/c24-5-1-2-22(31)30-20-9-16-19(10-21(20)34-12-15-11-32-6-7-33-15)27-13-28-23(16)29-14-3-4-18(26)17(25)8-14/h1-4,8-10,13,15H,5-7,11-12H2,(H,30,31)(H,27,28,29)/b2-1+. The number of alkyl halides is 1. The molecule has 1 aliphatic rings. The summed E-state index contributed by atoms with van der Waals surface area (Å²) in [7, 11) is 0. The van der Waals surface area contributed by atoms with E-state index in [0.29, 0.717) is 59.0 Å². The van der Waals surface area contributed by atoms with Gasteiger partial charge in [-0.15, -0.1) is 0 Å². The average Bonchev–Trinajstić information content (AvgIpc) is 2.84. The minimum absolute atomic E-state index is 0.0144. The van der Waals surface area contributed by atoms with Gasteiger partial charge in [0.2, 0.25) is 5.91 Å². The highest BCUT2D eigenvalue weighted by Gasteiger charge is 2.18. The van der Waals surface area contributed by atoms with E-state index in [2.05, 4.69) is 36.5 Å². The molecular weight excluding hydrogens is 531 g/mol.